The molecule has 2 aromatic rings. The van der Waals surface area contributed by atoms with Crippen molar-refractivity contribution in [2.75, 3.05) is 44.4 Å². The fraction of sp³-hybridized carbons (Fsp3) is 0.381. The molecule has 1 unspecified atom stereocenters. The lowest BCUT2D eigenvalue weighted by Crippen LogP contribution is -2.49. The van der Waals surface area contributed by atoms with Crippen LogP contribution in [0.2, 0.25) is 5.02 Å². The molecule has 150 valence electrons. The van der Waals surface area contributed by atoms with Gasteiger partial charge in [-0.3, -0.25) is 9.88 Å². The predicted molar refractivity (Wildman–Crippen MR) is 119 cm³/mol. The minimum Gasteiger partial charge on any atom is -0.370 e. The molecule has 1 aromatic carbocycles. The fourth-order valence-electron chi connectivity index (χ4n) is 4.23. The zero-order chi connectivity index (χ0) is 20.4. The Hall–Kier alpha value is -2.27. The first-order valence-electron chi connectivity index (χ1n) is 9.56. The van der Waals surface area contributed by atoms with E-state index in [0.717, 1.165) is 54.3 Å². The summed E-state index contributed by atoms with van der Waals surface area (Å²) in [5, 5.41) is 10.5. The van der Waals surface area contributed by atoms with Gasteiger partial charge >= 0.3 is 0 Å². The largest absolute Gasteiger partial charge is 0.370 e. The van der Waals surface area contributed by atoms with Crippen LogP contribution < -0.4 is 4.90 Å². The maximum absolute atomic E-state index is 8.94. The number of fused-ring (bicyclic) bond motifs is 2. The summed E-state index contributed by atoms with van der Waals surface area (Å²) in [7, 11) is 2.11. The van der Waals surface area contributed by atoms with E-state index in [-0.39, 0.29) is 6.04 Å². The van der Waals surface area contributed by atoms with E-state index < -0.39 is 0 Å². The second-order valence-electron chi connectivity index (χ2n) is 7.23. The Morgan fingerprint density at radius 1 is 1.28 bits per heavy atom. The lowest BCUT2D eigenvalue weighted by atomic mass is 9.97. The van der Waals surface area contributed by atoms with Crippen molar-refractivity contribution in [3.05, 3.63) is 58.4 Å². The molecule has 0 aliphatic carbocycles. The Balaban J connectivity index is 1.70. The van der Waals surface area contributed by atoms with Crippen LogP contribution in [0.1, 0.15) is 22.9 Å². The molecule has 0 bridgehead atoms. The molecular weight excluding hydrogens is 404 g/mol. The molecule has 1 saturated heterocycles. The molecule has 8 heteroatoms. The Morgan fingerprint density at radius 2 is 2.07 bits per heavy atom. The molecule has 6 nitrogen and oxygen atoms in total. The molecule has 3 heterocycles. The van der Waals surface area contributed by atoms with Gasteiger partial charge in [0.1, 0.15) is 0 Å². The third-order valence-corrected chi connectivity index (χ3v) is 6.52. The number of piperazine rings is 1. The number of aliphatic imine (C=N–C) groups is 1. The molecule has 2 aliphatic rings. The molecular formula is C21H23ClN6S. The average Bonchev–Trinajstić information content (AvgIpc) is 2.86. The number of hydrogen-bond acceptors (Lipinski definition) is 6. The number of nitrogens with zero attached hydrogens (tertiary/aromatic N) is 6. The monoisotopic (exact) mass is 426 g/mol. The normalized spacial score (nSPS) is 19.9. The van der Waals surface area contributed by atoms with E-state index in [4.69, 9.17) is 21.8 Å². The highest BCUT2D eigenvalue weighted by molar-refractivity contribution is 8.13. The van der Waals surface area contributed by atoms with Crippen molar-refractivity contribution < 1.29 is 0 Å². The molecule has 0 spiro atoms. The van der Waals surface area contributed by atoms with Crippen molar-refractivity contribution in [3.63, 3.8) is 0 Å². The van der Waals surface area contributed by atoms with Crippen LogP contribution in [-0.4, -0.2) is 59.4 Å². The average molecular weight is 427 g/mol. The van der Waals surface area contributed by atoms with E-state index in [1.807, 2.05) is 30.8 Å². The summed E-state index contributed by atoms with van der Waals surface area (Å²) in [6.07, 6.45) is 5.76. The Labute approximate surface area is 180 Å². The number of aromatic nitrogens is 1. The van der Waals surface area contributed by atoms with Gasteiger partial charge in [-0.05, 0) is 35.6 Å². The van der Waals surface area contributed by atoms with Gasteiger partial charge in [0, 0.05) is 56.7 Å². The summed E-state index contributed by atoms with van der Waals surface area (Å²) in [5.74, 6) is 0. The van der Waals surface area contributed by atoms with Crippen LogP contribution in [0.3, 0.4) is 0 Å². The third kappa shape index (κ3) is 3.93. The summed E-state index contributed by atoms with van der Waals surface area (Å²) in [6.45, 7) is 4.21. The number of benzene rings is 1. The molecule has 1 fully saturated rings. The van der Waals surface area contributed by atoms with E-state index in [0.29, 0.717) is 0 Å². The fourth-order valence-corrected chi connectivity index (χ4v) is 4.97. The first-order chi connectivity index (χ1) is 14.1. The van der Waals surface area contributed by atoms with Crippen molar-refractivity contribution in [2.24, 2.45) is 4.99 Å². The maximum atomic E-state index is 8.94. The van der Waals surface area contributed by atoms with Gasteiger partial charge < -0.3 is 9.80 Å². The minimum absolute atomic E-state index is 0.0798. The summed E-state index contributed by atoms with van der Waals surface area (Å²) >= 11 is 7.86. The molecule has 0 amide bonds. The highest BCUT2D eigenvalue weighted by Gasteiger charge is 2.33. The lowest BCUT2D eigenvalue weighted by molar-refractivity contribution is 0.150. The molecule has 1 atom stereocenters. The van der Waals surface area contributed by atoms with E-state index >= 15 is 0 Å². The van der Waals surface area contributed by atoms with E-state index in [9.17, 15) is 0 Å². The van der Waals surface area contributed by atoms with Crippen molar-refractivity contribution in [2.45, 2.75) is 12.6 Å². The Morgan fingerprint density at radius 3 is 2.79 bits per heavy atom. The predicted octanol–water partition coefficient (Wildman–Crippen LogP) is 3.59. The number of pyridine rings is 1. The Kier molecular flexibility index (Phi) is 5.95. The number of thioether (sulfide) groups is 1. The van der Waals surface area contributed by atoms with Gasteiger partial charge in [0.25, 0.3) is 0 Å². The Bertz CT molecular complexity index is 964. The smallest absolute Gasteiger partial charge is 0.208 e. The topological polar surface area (TPSA) is 58.8 Å². The van der Waals surface area contributed by atoms with Crippen LogP contribution >= 0.6 is 23.4 Å². The third-order valence-electron chi connectivity index (χ3n) is 5.57. The molecule has 0 saturated carbocycles. The van der Waals surface area contributed by atoms with Crippen LogP contribution in [0.25, 0.3) is 0 Å². The highest BCUT2D eigenvalue weighted by atomic mass is 35.5. The SMILES string of the molecule is CS/C(=N\C#N)N1CCN(C2c3ccc(Cl)cc3N(C)Cc3cccnc32)CC1. The van der Waals surface area contributed by atoms with Crippen LogP contribution in [0.4, 0.5) is 5.69 Å². The molecule has 0 radical (unpaired) electrons. The first kappa shape index (κ1) is 20.0. The number of halogens is 1. The summed E-state index contributed by atoms with van der Waals surface area (Å²) in [5.41, 5.74) is 4.74. The standard InChI is InChI=1S/C21H23ClN6S/c1-26-13-15-4-3-7-24-19(15)20(17-6-5-16(22)12-18(17)26)27-8-10-28(11-9-27)21(29-2)25-14-23/h3-7,12,20H,8-11,13H2,1-2H3/b25-21-. The van der Waals surface area contributed by atoms with Gasteiger partial charge in [0.15, 0.2) is 5.17 Å². The minimum atomic E-state index is 0.0798. The zero-order valence-electron chi connectivity index (χ0n) is 16.5. The maximum Gasteiger partial charge on any atom is 0.208 e. The second-order valence-corrected chi connectivity index (χ2v) is 8.44. The van der Waals surface area contributed by atoms with Crippen LogP contribution in [0.15, 0.2) is 41.5 Å². The van der Waals surface area contributed by atoms with Crippen molar-refractivity contribution >= 4 is 34.2 Å². The highest BCUT2D eigenvalue weighted by Crippen LogP contribution is 2.40. The van der Waals surface area contributed by atoms with Gasteiger partial charge in [0.05, 0.1) is 11.7 Å². The van der Waals surface area contributed by atoms with E-state index in [1.165, 1.54) is 22.9 Å². The van der Waals surface area contributed by atoms with Gasteiger partial charge in [-0.15, -0.1) is 4.99 Å². The number of nitriles is 1. The van der Waals surface area contributed by atoms with Gasteiger partial charge in [-0.2, -0.15) is 5.26 Å². The molecule has 29 heavy (non-hydrogen) atoms. The number of hydrogen-bond donors (Lipinski definition) is 0. The summed E-state index contributed by atoms with van der Waals surface area (Å²) < 4.78 is 0. The molecule has 1 aromatic heterocycles. The summed E-state index contributed by atoms with van der Waals surface area (Å²) in [4.78, 5) is 15.7. The van der Waals surface area contributed by atoms with Gasteiger partial charge in [-0.1, -0.05) is 35.5 Å². The lowest BCUT2D eigenvalue weighted by Gasteiger charge is -2.40. The second kappa shape index (κ2) is 8.62. The molecule has 0 N–H and O–H groups in total. The zero-order valence-corrected chi connectivity index (χ0v) is 18.1. The number of rotatable bonds is 1. The number of amidine groups is 1. The molecule has 2 aliphatic heterocycles. The van der Waals surface area contributed by atoms with Crippen molar-refractivity contribution in [1.82, 2.24) is 14.8 Å². The quantitative estimate of drug-likeness (QED) is 0.394. The van der Waals surface area contributed by atoms with E-state index in [1.54, 1.807) is 0 Å². The molecule has 4 rings (SSSR count). The van der Waals surface area contributed by atoms with E-state index in [2.05, 4.69) is 44.9 Å². The van der Waals surface area contributed by atoms with Crippen molar-refractivity contribution in [3.8, 4) is 6.19 Å². The summed E-state index contributed by atoms with van der Waals surface area (Å²) in [6, 6.07) is 10.4. The van der Waals surface area contributed by atoms with Gasteiger partial charge in [0.2, 0.25) is 6.19 Å². The first-order valence-corrected chi connectivity index (χ1v) is 11.2. The van der Waals surface area contributed by atoms with Crippen LogP contribution in [0.5, 0.6) is 0 Å². The van der Waals surface area contributed by atoms with Crippen LogP contribution in [-0.2, 0) is 6.54 Å². The van der Waals surface area contributed by atoms with Gasteiger partial charge in [-0.25, -0.2) is 0 Å². The van der Waals surface area contributed by atoms with Crippen LogP contribution in [0, 0.1) is 11.5 Å². The number of anilines is 1. The van der Waals surface area contributed by atoms with Crippen molar-refractivity contribution in [1.29, 1.82) is 5.26 Å².